The van der Waals surface area contributed by atoms with E-state index in [4.69, 9.17) is 14.9 Å². The minimum absolute atomic E-state index is 0. The first-order chi connectivity index (χ1) is 15.8. The van der Waals surface area contributed by atoms with E-state index in [1.54, 1.807) is 0 Å². The first-order valence-electron chi connectivity index (χ1n) is 12.6. The summed E-state index contributed by atoms with van der Waals surface area (Å²) in [6, 6.07) is 13.7. The van der Waals surface area contributed by atoms with Crippen LogP contribution < -0.4 is 0 Å². The third-order valence-corrected chi connectivity index (χ3v) is 6.39. The van der Waals surface area contributed by atoms with Crippen molar-refractivity contribution in [3.8, 4) is 11.1 Å². The predicted octanol–water partition coefficient (Wildman–Crippen LogP) is 6.58. The van der Waals surface area contributed by atoms with Crippen molar-refractivity contribution in [3.05, 3.63) is 58.7 Å². The molecule has 2 aliphatic rings. The lowest BCUT2D eigenvalue weighted by molar-refractivity contribution is -0.144. The van der Waals surface area contributed by atoms with Gasteiger partial charge in [-0.25, -0.2) is 0 Å². The van der Waals surface area contributed by atoms with Crippen LogP contribution in [0.15, 0.2) is 36.4 Å². The topological polar surface area (TPSA) is 66.8 Å². The molecule has 0 bridgehead atoms. The van der Waals surface area contributed by atoms with Crippen molar-refractivity contribution in [2.24, 2.45) is 5.92 Å². The molecule has 2 atom stereocenters. The summed E-state index contributed by atoms with van der Waals surface area (Å²) in [5, 5.41) is 15.2. The Hall–Kier alpha value is -2.17. The average Bonchev–Trinajstić information content (AvgIpc) is 3.27. The minimum Gasteiger partial charge on any atom is -0.466 e. The van der Waals surface area contributed by atoms with Gasteiger partial charge in [0.2, 0.25) is 0 Å². The third kappa shape index (κ3) is 7.97. The lowest BCUT2D eigenvalue weighted by atomic mass is 9.81. The Bertz CT molecular complexity index is 891. The van der Waals surface area contributed by atoms with Gasteiger partial charge in [0.25, 0.3) is 0 Å². The summed E-state index contributed by atoms with van der Waals surface area (Å²) in [7, 11) is 0. The van der Waals surface area contributed by atoms with Gasteiger partial charge in [0.1, 0.15) is 6.29 Å². The van der Waals surface area contributed by atoms with Crippen LogP contribution in [0.25, 0.3) is 11.1 Å². The van der Waals surface area contributed by atoms with E-state index in [1.165, 1.54) is 59.6 Å². The smallest absolute Gasteiger partial charge is 0.306 e. The summed E-state index contributed by atoms with van der Waals surface area (Å²) in [6.45, 7) is 10.2. The zero-order valence-corrected chi connectivity index (χ0v) is 21.1. The van der Waals surface area contributed by atoms with E-state index in [1.807, 2.05) is 13.8 Å². The van der Waals surface area contributed by atoms with Crippen molar-refractivity contribution in [2.75, 3.05) is 6.61 Å². The van der Waals surface area contributed by atoms with Gasteiger partial charge in [0.15, 0.2) is 0 Å². The first-order valence-corrected chi connectivity index (χ1v) is 12.6. The van der Waals surface area contributed by atoms with E-state index in [0.717, 1.165) is 19.3 Å². The van der Waals surface area contributed by atoms with Gasteiger partial charge < -0.3 is 14.9 Å². The maximum Gasteiger partial charge on any atom is 0.306 e. The lowest BCUT2D eigenvalue weighted by Gasteiger charge is -2.23. The number of carbonyl (C=O) groups is 1. The fourth-order valence-corrected chi connectivity index (χ4v) is 4.89. The van der Waals surface area contributed by atoms with Crippen LogP contribution in [0.2, 0.25) is 0 Å². The van der Waals surface area contributed by atoms with Gasteiger partial charge in [0.05, 0.1) is 6.61 Å². The molecular formula is C29H44O4. The quantitative estimate of drug-likeness (QED) is 0.396. The van der Waals surface area contributed by atoms with Crippen molar-refractivity contribution in [3.63, 3.8) is 0 Å². The van der Waals surface area contributed by atoms with Gasteiger partial charge in [0, 0.05) is 7.85 Å². The van der Waals surface area contributed by atoms with E-state index in [9.17, 15) is 4.79 Å². The Morgan fingerprint density at radius 1 is 1.03 bits per heavy atom. The molecule has 4 nitrogen and oxygen atoms in total. The van der Waals surface area contributed by atoms with Crippen molar-refractivity contribution >= 4 is 5.97 Å². The van der Waals surface area contributed by atoms with Crippen LogP contribution in [-0.2, 0) is 22.4 Å². The van der Waals surface area contributed by atoms with Gasteiger partial charge in [-0.2, -0.15) is 0 Å². The van der Waals surface area contributed by atoms with Gasteiger partial charge in [-0.15, -0.1) is 0 Å². The highest BCUT2D eigenvalue weighted by atomic mass is 16.5. The van der Waals surface area contributed by atoms with Crippen molar-refractivity contribution in [1.29, 1.82) is 0 Å². The lowest BCUT2D eigenvalue weighted by Crippen LogP contribution is -2.09. The highest BCUT2D eigenvalue weighted by Gasteiger charge is 2.23. The molecule has 4 rings (SSSR count). The molecule has 2 N–H and O–H groups in total. The van der Waals surface area contributed by atoms with Crippen LogP contribution in [-0.4, -0.2) is 29.1 Å². The molecule has 4 heteroatoms. The highest BCUT2D eigenvalue weighted by molar-refractivity contribution is 5.71. The molecule has 0 spiro atoms. The van der Waals surface area contributed by atoms with E-state index >= 15 is 0 Å². The molecule has 0 saturated carbocycles. The number of aryl methyl sites for hydroxylation is 3. The molecular weight excluding hydrogens is 412 g/mol. The number of fused-ring (bicyclic) bond motifs is 1. The standard InChI is InChI=1S/C25H30O2.C2H6O2.C2H6.H2/c1-17-9-10-20(13-14-27-24(26)15-17)25-18(2)5-3-8-23(25)22-12-11-19-6-4-7-21(19)16-22;1-2(3)4;1-2;/h3,5,8,11-12,16-17,20H,4,6-7,9-10,13-15H2,1-2H3;2-4H,1H3;1-2H3;1H. The number of hydrogen-bond donors (Lipinski definition) is 2. The molecule has 0 radical (unpaired) electrons. The minimum atomic E-state index is -1.17. The van der Waals surface area contributed by atoms with E-state index in [0.29, 0.717) is 24.9 Å². The zero-order valence-electron chi connectivity index (χ0n) is 21.1. The Labute approximate surface area is 201 Å². The molecule has 0 aromatic heterocycles. The molecule has 2 aromatic rings. The Balaban J connectivity index is 0.000000751. The summed E-state index contributed by atoms with van der Waals surface area (Å²) in [5.41, 5.74) is 8.58. The molecule has 2 unspecified atom stereocenters. The van der Waals surface area contributed by atoms with Gasteiger partial charge in [-0.1, -0.05) is 57.2 Å². The van der Waals surface area contributed by atoms with E-state index in [2.05, 4.69) is 50.2 Å². The maximum atomic E-state index is 11.9. The van der Waals surface area contributed by atoms with Crippen LogP contribution in [0, 0.1) is 12.8 Å². The number of aliphatic hydroxyl groups excluding tert-OH is 1. The fourth-order valence-electron chi connectivity index (χ4n) is 4.89. The molecule has 1 heterocycles. The molecule has 2 aromatic carbocycles. The molecule has 1 aliphatic carbocycles. The number of rotatable bonds is 2. The Morgan fingerprint density at radius 2 is 1.73 bits per heavy atom. The van der Waals surface area contributed by atoms with Crippen molar-refractivity contribution in [2.45, 2.75) is 91.8 Å². The Morgan fingerprint density at radius 3 is 2.45 bits per heavy atom. The normalized spacial score (nSPS) is 20.2. The second-order valence-electron chi connectivity index (χ2n) is 9.10. The summed E-state index contributed by atoms with van der Waals surface area (Å²) in [4.78, 5) is 11.9. The first kappa shape index (κ1) is 27.1. The van der Waals surface area contributed by atoms with Crippen LogP contribution in [0.5, 0.6) is 0 Å². The zero-order chi connectivity index (χ0) is 24.4. The number of esters is 1. The third-order valence-electron chi connectivity index (χ3n) is 6.39. The second-order valence-corrected chi connectivity index (χ2v) is 9.10. The largest absolute Gasteiger partial charge is 0.466 e. The molecule has 33 heavy (non-hydrogen) atoms. The van der Waals surface area contributed by atoms with Crippen LogP contribution in [0.1, 0.15) is 89.4 Å². The van der Waals surface area contributed by atoms with Crippen molar-refractivity contribution in [1.82, 2.24) is 0 Å². The molecule has 1 fully saturated rings. The van der Waals surface area contributed by atoms with Gasteiger partial charge >= 0.3 is 5.97 Å². The highest BCUT2D eigenvalue weighted by Crippen LogP contribution is 2.39. The monoisotopic (exact) mass is 456 g/mol. The summed E-state index contributed by atoms with van der Waals surface area (Å²) in [6.07, 6.45) is 6.23. The van der Waals surface area contributed by atoms with Crippen LogP contribution in [0.4, 0.5) is 0 Å². The number of benzene rings is 2. The number of hydrogen-bond acceptors (Lipinski definition) is 4. The van der Waals surface area contributed by atoms with Crippen molar-refractivity contribution < 1.29 is 21.2 Å². The summed E-state index contributed by atoms with van der Waals surface area (Å²) >= 11 is 0. The molecule has 1 saturated heterocycles. The molecule has 1 aliphatic heterocycles. The summed E-state index contributed by atoms with van der Waals surface area (Å²) < 4.78 is 5.49. The van der Waals surface area contributed by atoms with Gasteiger partial charge in [-0.05, 0) is 97.6 Å². The number of aliphatic hydroxyl groups is 2. The number of ether oxygens (including phenoxy) is 1. The Kier molecular flexibility index (Phi) is 11.1. The van der Waals surface area contributed by atoms with Crippen LogP contribution in [0.3, 0.4) is 0 Å². The van der Waals surface area contributed by atoms with Gasteiger partial charge in [-0.3, -0.25) is 4.79 Å². The SMILES string of the molecule is CC.CC(O)O.Cc1cccc(-c2ccc3c(c2)CCC3)c1C1CCOC(=O)CC(C)CC1.[HH]. The van der Waals surface area contributed by atoms with Crippen LogP contribution >= 0.6 is 0 Å². The summed E-state index contributed by atoms with van der Waals surface area (Å²) in [5.74, 6) is 0.806. The molecule has 184 valence electrons. The fraction of sp³-hybridized carbons (Fsp3) is 0.552. The average molecular weight is 457 g/mol. The predicted molar refractivity (Wildman–Crippen MR) is 137 cm³/mol. The second kappa shape index (κ2) is 13.5. The number of carbonyl (C=O) groups excluding carboxylic acids is 1. The van der Waals surface area contributed by atoms with E-state index < -0.39 is 6.29 Å². The molecule has 0 amide bonds. The maximum absolute atomic E-state index is 11.9. The van der Waals surface area contributed by atoms with E-state index in [-0.39, 0.29) is 7.40 Å². The number of cyclic esters (lactones) is 1.